The van der Waals surface area contributed by atoms with Gasteiger partial charge in [0.2, 0.25) is 0 Å². The summed E-state index contributed by atoms with van der Waals surface area (Å²) in [6.45, 7) is 5.43. The molecule has 2 aromatic carbocycles. The van der Waals surface area contributed by atoms with Crippen LogP contribution in [0.25, 0.3) is 11.3 Å². The number of nitrogens with zero attached hydrogens (tertiary/aromatic N) is 3. The second-order valence-electron chi connectivity index (χ2n) is 7.90. The van der Waals surface area contributed by atoms with E-state index in [-0.39, 0.29) is 22.2 Å². The molecule has 4 rings (SSSR count). The van der Waals surface area contributed by atoms with Gasteiger partial charge in [-0.3, -0.25) is 14.6 Å². The predicted octanol–water partition coefficient (Wildman–Crippen LogP) is 3.80. The number of amides is 1. The van der Waals surface area contributed by atoms with E-state index in [9.17, 15) is 18.3 Å². The molecule has 4 N–H and O–H groups in total. The summed E-state index contributed by atoms with van der Waals surface area (Å²) in [5, 5.41) is 19.7. The van der Waals surface area contributed by atoms with Crippen LogP contribution in [0.1, 0.15) is 34.5 Å². The molecular formula is C24H24N6O4S. The number of rotatable bonds is 7. The molecule has 35 heavy (non-hydrogen) atoms. The first-order valence-corrected chi connectivity index (χ1v) is 12.3. The van der Waals surface area contributed by atoms with Crippen molar-refractivity contribution in [3.8, 4) is 17.0 Å². The fourth-order valence-electron chi connectivity index (χ4n) is 3.47. The van der Waals surface area contributed by atoms with Crippen LogP contribution in [0, 0.1) is 13.8 Å². The average molecular weight is 493 g/mol. The Labute approximate surface area is 202 Å². The summed E-state index contributed by atoms with van der Waals surface area (Å²) in [6, 6.07) is 14.1. The van der Waals surface area contributed by atoms with E-state index in [1.807, 2.05) is 19.1 Å². The number of anilines is 2. The largest absolute Gasteiger partial charge is 0.507 e. The fraction of sp³-hybridized carbons (Fsp3) is 0.167. The number of aromatic amines is 1. The second kappa shape index (κ2) is 9.55. The Hall–Kier alpha value is -4.25. The Kier molecular flexibility index (Phi) is 6.52. The number of aromatic hydroxyl groups is 1. The van der Waals surface area contributed by atoms with Crippen molar-refractivity contribution in [2.24, 2.45) is 0 Å². The van der Waals surface area contributed by atoms with Gasteiger partial charge in [-0.2, -0.15) is 5.10 Å². The van der Waals surface area contributed by atoms with Crippen molar-refractivity contribution in [2.45, 2.75) is 32.1 Å². The van der Waals surface area contributed by atoms with Crippen molar-refractivity contribution >= 4 is 27.4 Å². The maximum atomic E-state index is 12.7. The van der Waals surface area contributed by atoms with Gasteiger partial charge < -0.3 is 10.4 Å². The Morgan fingerprint density at radius 1 is 1.03 bits per heavy atom. The molecule has 180 valence electrons. The highest BCUT2D eigenvalue weighted by molar-refractivity contribution is 7.92. The van der Waals surface area contributed by atoms with E-state index in [2.05, 4.69) is 30.2 Å². The SMILES string of the molecule is CCc1ccc(O)c(-c2cc(C(=O)Nc3ccc(S(=O)(=O)Nc4cc(C)nc(C)n4)cc3)[nH]n2)c1. The molecule has 11 heteroatoms. The lowest BCUT2D eigenvalue weighted by Crippen LogP contribution is -2.15. The molecule has 0 bridgehead atoms. The van der Waals surface area contributed by atoms with Crippen molar-refractivity contribution < 1.29 is 18.3 Å². The maximum absolute atomic E-state index is 12.7. The summed E-state index contributed by atoms with van der Waals surface area (Å²) in [6.07, 6.45) is 0.796. The van der Waals surface area contributed by atoms with E-state index in [1.165, 1.54) is 36.4 Å². The second-order valence-corrected chi connectivity index (χ2v) is 9.58. The highest BCUT2D eigenvalue weighted by Crippen LogP contribution is 2.29. The van der Waals surface area contributed by atoms with Gasteiger partial charge in [0.15, 0.2) is 0 Å². The minimum atomic E-state index is -3.87. The number of phenols is 1. The van der Waals surface area contributed by atoms with Crippen LogP contribution in [0.3, 0.4) is 0 Å². The topological polar surface area (TPSA) is 150 Å². The number of hydrogen-bond donors (Lipinski definition) is 4. The third kappa shape index (κ3) is 5.46. The zero-order valence-corrected chi connectivity index (χ0v) is 20.1. The molecule has 2 heterocycles. The fourth-order valence-corrected chi connectivity index (χ4v) is 4.46. The molecule has 0 fully saturated rings. The first kappa shape index (κ1) is 23.9. The number of carbonyl (C=O) groups excluding carboxylic acids is 1. The summed E-state index contributed by atoms with van der Waals surface area (Å²) in [5.41, 5.74) is 3.22. The van der Waals surface area contributed by atoms with Gasteiger partial charge in [-0.05, 0) is 68.3 Å². The molecule has 0 unspecified atom stereocenters. The minimum Gasteiger partial charge on any atom is -0.507 e. The van der Waals surface area contributed by atoms with Crippen LogP contribution in [-0.2, 0) is 16.4 Å². The van der Waals surface area contributed by atoms with E-state index in [4.69, 9.17) is 0 Å². The zero-order chi connectivity index (χ0) is 25.2. The molecule has 0 saturated carbocycles. The van der Waals surface area contributed by atoms with Gasteiger partial charge in [-0.1, -0.05) is 13.0 Å². The van der Waals surface area contributed by atoms with Crippen molar-refractivity contribution in [1.29, 1.82) is 0 Å². The number of aromatic nitrogens is 4. The quantitative estimate of drug-likeness (QED) is 0.306. The summed E-state index contributed by atoms with van der Waals surface area (Å²) in [7, 11) is -3.87. The molecule has 0 saturated heterocycles. The Balaban J connectivity index is 1.47. The Morgan fingerprint density at radius 3 is 2.46 bits per heavy atom. The normalized spacial score (nSPS) is 11.3. The molecule has 0 aliphatic carbocycles. The highest BCUT2D eigenvalue weighted by atomic mass is 32.2. The van der Waals surface area contributed by atoms with Gasteiger partial charge in [0.1, 0.15) is 23.1 Å². The lowest BCUT2D eigenvalue weighted by Gasteiger charge is -2.09. The number of carbonyl (C=O) groups is 1. The van der Waals surface area contributed by atoms with E-state index in [1.54, 1.807) is 19.9 Å². The maximum Gasteiger partial charge on any atom is 0.273 e. The number of sulfonamides is 1. The Morgan fingerprint density at radius 2 is 1.77 bits per heavy atom. The average Bonchev–Trinajstić information content (AvgIpc) is 3.29. The number of H-pyrrole nitrogens is 1. The van der Waals surface area contributed by atoms with Crippen LogP contribution in [0.5, 0.6) is 5.75 Å². The van der Waals surface area contributed by atoms with E-state index in [0.29, 0.717) is 28.5 Å². The van der Waals surface area contributed by atoms with Crippen LogP contribution in [0.4, 0.5) is 11.5 Å². The van der Waals surface area contributed by atoms with Gasteiger partial charge >= 0.3 is 0 Å². The lowest BCUT2D eigenvalue weighted by molar-refractivity contribution is 0.102. The van der Waals surface area contributed by atoms with Crippen molar-refractivity contribution in [3.63, 3.8) is 0 Å². The molecule has 0 aliphatic heterocycles. The summed E-state index contributed by atoms with van der Waals surface area (Å²) >= 11 is 0. The lowest BCUT2D eigenvalue weighted by atomic mass is 10.1. The third-order valence-electron chi connectivity index (χ3n) is 5.20. The molecule has 2 aromatic heterocycles. The van der Waals surface area contributed by atoms with E-state index in [0.717, 1.165) is 12.0 Å². The van der Waals surface area contributed by atoms with Crippen LogP contribution in [0.2, 0.25) is 0 Å². The van der Waals surface area contributed by atoms with E-state index < -0.39 is 15.9 Å². The molecular weight excluding hydrogens is 468 g/mol. The van der Waals surface area contributed by atoms with Crippen molar-refractivity contribution in [2.75, 3.05) is 10.0 Å². The number of phenolic OH excluding ortho intramolecular Hbond substituents is 1. The zero-order valence-electron chi connectivity index (χ0n) is 19.3. The molecule has 0 aliphatic rings. The Bertz CT molecular complexity index is 1480. The number of benzene rings is 2. The van der Waals surface area contributed by atoms with Crippen molar-refractivity contribution in [3.05, 3.63) is 77.4 Å². The predicted molar refractivity (Wildman–Crippen MR) is 132 cm³/mol. The first-order valence-electron chi connectivity index (χ1n) is 10.8. The van der Waals surface area contributed by atoms with Crippen LogP contribution in [-0.4, -0.2) is 39.6 Å². The molecule has 0 spiro atoms. The molecule has 4 aromatic rings. The van der Waals surface area contributed by atoms with Gasteiger partial charge in [0, 0.05) is 23.0 Å². The van der Waals surface area contributed by atoms with E-state index >= 15 is 0 Å². The molecule has 10 nitrogen and oxygen atoms in total. The number of nitrogens with one attached hydrogen (secondary N) is 3. The van der Waals surface area contributed by atoms with Crippen molar-refractivity contribution in [1.82, 2.24) is 20.2 Å². The van der Waals surface area contributed by atoms with Crippen LogP contribution >= 0.6 is 0 Å². The summed E-state index contributed by atoms with van der Waals surface area (Å²) in [5.74, 6) is 0.239. The highest BCUT2D eigenvalue weighted by Gasteiger charge is 2.17. The number of aryl methyl sites for hydroxylation is 3. The van der Waals surface area contributed by atoms with Gasteiger partial charge in [-0.25, -0.2) is 18.4 Å². The van der Waals surface area contributed by atoms with Gasteiger partial charge in [-0.15, -0.1) is 0 Å². The molecule has 0 atom stereocenters. The summed E-state index contributed by atoms with van der Waals surface area (Å²) < 4.78 is 27.8. The van der Waals surface area contributed by atoms with Crippen LogP contribution < -0.4 is 10.0 Å². The minimum absolute atomic E-state index is 0.0134. The third-order valence-corrected chi connectivity index (χ3v) is 6.57. The number of hydrogen-bond acceptors (Lipinski definition) is 7. The molecule has 1 amide bonds. The summed E-state index contributed by atoms with van der Waals surface area (Å²) in [4.78, 5) is 20.9. The van der Waals surface area contributed by atoms with Crippen LogP contribution in [0.15, 0.2) is 59.5 Å². The van der Waals surface area contributed by atoms with Gasteiger partial charge in [0.25, 0.3) is 15.9 Å². The van der Waals surface area contributed by atoms with Gasteiger partial charge in [0.05, 0.1) is 10.6 Å². The monoisotopic (exact) mass is 492 g/mol. The smallest absolute Gasteiger partial charge is 0.273 e. The first-order chi connectivity index (χ1) is 16.6. The standard InChI is InChI=1S/C24H24N6O4S/c1-4-16-5-10-22(31)19(12-16)20-13-21(29-28-20)24(32)27-17-6-8-18(9-7-17)35(33,34)30-23-11-14(2)25-15(3)26-23/h5-13,31H,4H2,1-3H3,(H,27,32)(H,28,29)(H,25,26,30). The molecule has 0 radical (unpaired) electrons.